The summed E-state index contributed by atoms with van der Waals surface area (Å²) in [7, 11) is 1.52. The molecule has 3 amide bonds. The average molecular weight is 522 g/mol. The summed E-state index contributed by atoms with van der Waals surface area (Å²) < 4.78 is 30.1. The number of carbonyl (C=O) groups is 3. The third-order valence-electron chi connectivity index (χ3n) is 7.04. The van der Waals surface area contributed by atoms with Crippen molar-refractivity contribution in [3.8, 4) is 5.75 Å². The molecule has 1 spiro atoms. The van der Waals surface area contributed by atoms with Gasteiger partial charge >= 0.3 is 0 Å². The van der Waals surface area contributed by atoms with Gasteiger partial charge in [0.05, 0.1) is 26.5 Å². The van der Waals surface area contributed by atoms with Gasteiger partial charge in [0.25, 0.3) is 11.8 Å². The highest BCUT2D eigenvalue weighted by Crippen LogP contribution is 2.39. The average Bonchev–Trinajstić information content (AvgIpc) is 3.60. The fraction of sp³-hybridized carbons (Fsp3) is 0.321. The van der Waals surface area contributed by atoms with E-state index in [1.165, 1.54) is 42.5 Å². The van der Waals surface area contributed by atoms with E-state index in [0.29, 0.717) is 48.6 Å². The second kappa shape index (κ2) is 10.7. The SMILES string of the molecule is COc1cccc(C(=O)N2[C@H](C(=O)NCc3ccco3)COC23CCN(C(=O)c2ccc(F)cc2)CC3)c1. The first-order valence-corrected chi connectivity index (χ1v) is 12.4. The van der Waals surface area contributed by atoms with E-state index < -0.39 is 17.6 Å². The Kier molecular flexibility index (Phi) is 7.15. The van der Waals surface area contributed by atoms with Crippen LogP contribution in [0.2, 0.25) is 0 Å². The van der Waals surface area contributed by atoms with Crippen LogP contribution in [-0.4, -0.2) is 66.1 Å². The van der Waals surface area contributed by atoms with Gasteiger partial charge < -0.3 is 24.1 Å². The number of benzene rings is 2. The standard InChI is InChI=1S/C28H28FN3O6/c1-36-22-5-2-4-20(16-22)27(35)32-24(25(33)30-17-23-6-3-15-37-23)18-38-28(32)11-13-31(14-12-28)26(34)19-7-9-21(29)10-8-19/h2-10,15-16,24H,11-14,17-18H2,1H3,(H,30,33)/t24-/m0/s1. The van der Waals surface area contributed by atoms with Gasteiger partial charge in [-0.3, -0.25) is 19.3 Å². The van der Waals surface area contributed by atoms with Crippen molar-refractivity contribution in [2.24, 2.45) is 0 Å². The van der Waals surface area contributed by atoms with Gasteiger partial charge in [-0.25, -0.2) is 4.39 Å². The summed E-state index contributed by atoms with van der Waals surface area (Å²) in [5, 5.41) is 2.83. The fourth-order valence-electron chi connectivity index (χ4n) is 5.00. The molecule has 5 rings (SSSR count). The van der Waals surface area contributed by atoms with E-state index in [-0.39, 0.29) is 30.9 Å². The maximum atomic E-state index is 13.9. The number of hydrogen-bond donors (Lipinski definition) is 1. The summed E-state index contributed by atoms with van der Waals surface area (Å²) in [5.41, 5.74) is -0.316. The number of likely N-dealkylation sites (tertiary alicyclic amines) is 1. The zero-order valence-electron chi connectivity index (χ0n) is 20.9. The fourth-order valence-corrected chi connectivity index (χ4v) is 5.00. The van der Waals surface area contributed by atoms with Gasteiger partial charge in [0, 0.05) is 37.1 Å². The van der Waals surface area contributed by atoms with Crippen LogP contribution in [0, 0.1) is 5.82 Å². The molecule has 2 aliphatic rings. The molecule has 1 N–H and O–H groups in total. The normalized spacial score (nSPS) is 18.4. The number of amides is 3. The molecule has 0 radical (unpaired) electrons. The quantitative estimate of drug-likeness (QED) is 0.535. The number of nitrogens with zero attached hydrogens (tertiary/aromatic N) is 2. The molecule has 198 valence electrons. The van der Waals surface area contributed by atoms with Crippen LogP contribution in [0.1, 0.15) is 39.3 Å². The summed E-state index contributed by atoms with van der Waals surface area (Å²) in [6, 6.07) is 14.8. The molecule has 9 nitrogen and oxygen atoms in total. The smallest absolute Gasteiger partial charge is 0.257 e. The van der Waals surface area contributed by atoms with Gasteiger partial charge in [-0.15, -0.1) is 0 Å². The summed E-state index contributed by atoms with van der Waals surface area (Å²) in [5.74, 6) is -0.260. The number of nitrogens with one attached hydrogen (secondary N) is 1. The van der Waals surface area contributed by atoms with Crippen molar-refractivity contribution in [2.75, 3.05) is 26.8 Å². The van der Waals surface area contributed by atoms with Gasteiger partial charge in [-0.2, -0.15) is 0 Å². The molecular formula is C28H28FN3O6. The van der Waals surface area contributed by atoms with E-state index in [1.54, 1.807) is 41.3 Å². The highest BCUT2D eigenvalue weighted by molar-refractivity contribution is 5.99. The van der Waals surface area contributed by atoms with E-state index in [4.69, 9.17) is 13.9 Å². The van der Waals surface area contributed by atoms with Crippen LogP contribution < -0.4 is 10.1 Å². The molecule has 2 fully saturated rings. The molecule has 3 heterocycles. The second-order valence-electron chi connectivity index (χ2n) is 9.28. The third kappa shape index (κ3) is 4.99. The van der Waals surface area contributed by atoms with Crippen LogP contribution >= 0.6 is 0 Å². The number of halogens is 1. The van der Waals surface area contributed by atoms with Gasteiger partial charge in [-0.1, -0.05) is 6.07 Å². The first-order chi connectivity index (χ1) is 18.4. The molecule has 2 saturated heterocycles. The van der Waals surface area contributed by atoms with Crippen LogP contribution in [0.4, 0.5) is 4.39 Å². The maximum absolute atomic E-state index is 13.9. The summed E-state index contributed by atoms with van der Waals surface area (Å²) >= 11 is 0. The van der Waals surface area contributed by atoms with E-state index in [1.807, 2.05) is 0 Å². The lowest BCUT2D eigenvalue weighted by Gasteiger charge is -2.44. The van der Waals surface area contributed by atoms with Gasteiger partial charge in [0.15, 0.2) is 0 Å². The summed E-state index contributed by atoms with van der Waals surface area (Å²) in [4.78, 5) is 43.3. The Bertz CT molecular complexity index is 1300. The minimum absolute atomic E-state index is 0.0194. The first kappa shape index (κ1) is 25.5. The minimum Gasteiger partial charge on any atom is -0.497 e. The Morgan fingerprint density at radius 3 is 2.47 bits per heavy atom. The monoisotopic (exact) mass is 521 g/mol. The van der Waals surface area contributed by atoms with Crippen LogP contribution in [0.15, 0.2) is 71.3 Å². The Labute approximate surface area is 219 Å². The number of ether oxygens (including phenoxy) is 2. The van der Waals surface area contributed by atoms with Crippen LogP contribution in [0.3, 0.4) is 0 Å². The molecule has 3 aromatic rings. The largest absolute Gasteiger partial charge is 0.497 e. The van der Waals surface area contributed by atoms with Crippen molar-refractivity contribution >= 4 is 17.7 Å². The molecule has 0 saturated carbocycles. The van der Waals surface area contributed by atoms with Crippen molar-refractivity contribution in [2.45, 2.75) is 31.2 Å². The predicted molar refractivity (Wildman–Crippen MR) is 134 cm³/mol. The second-order valence-corrected chi connectivity index (χ2v) is 9.28. The molecule has 38 heavy (non-hydrogen) atoms. The highest BCUT2D eigenvalue weighted by Gasteiger charge is 2.54. The molecule has 2 aromatic carbocycles. The van der Waals surface area contributed by atoms with Gasteiger partial charge in [0.2, 0.25) is 5.91 Å². The van der Waals surface area contributed by atoms with Crippen molar-refractivity contribution in [3.05, 3.63) is 89.6 Å². The number of rotatable bonds is 6. The zero-order chi connectivity index (χ0) is 26.7. The lowest BCUT2D eigenvalue weighted by atomic mass is 9.96. The van der Waals surface area contributed by atoms with Crippen molar-refractivity contribution in [1.82, 2.24) is 15.1 Å². The number of hydrogen-bond acceptors (Lipinski definition) is 6. The van der Waals surface area contributed by atoms with Crippen molar-refractivity contribution < 1.29 is 32.7 Å². The number of furan rings is 1. The van der Waals surface area contributed by atoms with Crippen LogP contribution in [0.25, 0.3) is 0 Å². The number of carbonyl (C=O) groups excluding carboxylic acids is 3. The Morgan fingerprint density at radius 1 is 1.03 bits per heavy atom. The number of methoxy groups -OCH3 is 1. The molecule has 0 aliphatic carbocycles. The lowest BCUT2D eigenvalue weighted by molar-refractivity contribution is -0.128. The molecule has 0 bridgehead atoms. The van der Waals surface area contributed by atoms with Crippen molar-refractivity contribution in [1.29, 1.82) is 0 Å². The molecule has 2 aliphatic heterocycles. The topological polar surface area (TPSA) is 101 Å². The molecule has 10 heteroatoms. The Morgan fingerprint density at radius 2 is 1.79 bits per heavy atom. The van der Waals surface area contributed by atoms with E-state index in [2.05, 4.69) is 5.32 Å². The van der Waals surface area contributed by atoms with Gasteiger partial charge in [0.1, 0.15) is 29.1 Å². The maximum Gasteiger partial charge on any atom is 0.257 e. The predicted octanol–water partition coefficient (Wildman–Crippen LogP) is 3.22. The van der Waals surface area contributed by atoms with Crippen molar-refractivity contribution in [3.63, 3.8) is 0 Å². The highest BCUT2D eigenvalue weighted by atomic mass is 19.1. The third-order valence-corrected chi connectivity index (χ3v) is 7.04. The van der Waals surface area contributed by atoms with Crippen LogP contribution in [-0.2, 0) is 16.1 Å². The van der Waals surface area contributed by atoms with Crippen LogP contribution in [0.5, 0.6) is 5.75 Å². The van der Waals surface area contributed by atoms with E-state index in [9.17, 15) is 18.8 Å². The first-order valence-electron chi connectivity index (χ1n) is 12.4. The molecular weight excluding hydrogens is 493 g/mol. The number of piperidine rings is 1. The zero-order valence-corrected chi connectivity index (χ0v) is 20.9. The summed E-state index contributed by atoms with van der Waals surface area (Å²) in [6.07, 6.45) is 2.16. The van der Waals surface area contributed by atoms with Gasteiger partial charge in [-0.05, 0) is 54.6 Å². The molecule has 0 unspecified atom stereocenters. The molecule has 1 atom stereocenters. The molecule has 1 aromatic heterocycles. The minimum atomic E-state index is -1.06. The summed E-state index contributed by atoms with van der Waals surface area (Å²) in [6.45, 7) is 0.805. The van der Waals surface area contributed by atoms with E-state index in [0.717, 1.165) is 0 Å². The Hall–Kier alpha value is -4.18. The Balaban J connectivity index is 1.37. The van der Waals surface area contributed by atoms with E-state index >= 15 is 0 Å². The lowest BCUT2D eigenvalue weighted by Crippen LogP contribution is -2.59.